The molecular weight excluding hydrogens is 851 g/mol. The molecule has 2 atom stereocenters. The van der Waals surface area contributed by atoms with Gasteiger partial charge in [-0.1, -0.05) is 295 Å². The predicted molar refractivity (Wildman–Crippen MR) is 301 cm³/mol. The molecule has 3 N–H and O–H groups in total. The number of aliphatic hydroxyl groups is 2. The Bertz CT molecular complexity index is 1080. The van der Waals surface area contributed by atoms with Crippen molar-refractivity contribution in [2.24, 2.45) is 0 Å². The lowest BCUT2D eigenvalue weighted by atomic mass is 10.0. The first-order valence-electron chi connectivity index (χ1n) is 31.1. The molecule has 6 nitrogen and oxygen atoms in total. The average molecular weight is 973 g/mol. The average Bonchev–Trinajstić information content (AvgIpc) is 3.35. The first-order chi connectivity index (χ1) is 34.0. The molecule has 0 spiro atoms. The highest BCUT2D eigenvalue weighted by Gasteiger charge is 2.18. The van der Waals surface area contributed by atoms with E-state index in [1.165, 1.54) is 244 Å². The van der Waals surface area contributed by atoms with Gasteiger partial charge in [0.25, 0.3) is 0 Å². The van der Waals surface area contributed by atoms with Gasteiger partial charge in [0, 0.05) is 12.8 Å². The van der Waals surface area contributed by atoms with Gasteiger partial charge in [0.1, 0.15) is 0 Å². The van der Waals surface area contributed by atoms with Gasteiger partial charge in [-0.3, -0.25) is 9.59 Å². The van der Waals surface area contributed by atoms with Crippen LogP contribution >= 0.6 is 0 Å². The fourth-order valence-electron chi connectivity index (χ4n) is 9.69. The molecule has 0 heterocycles. The summed E-state index contributed by atoms with van der Waals surface area (Å²) in [6.07, 6.45) is 72.1. The molecular formula is C63H121NO5. The van der Waals surface area contributed by atoms with Gasteiger partial charge < -0.3 is 20.3 Å². The van der Waals surface area contributed by atoms with Crippen molar-refractivity contribution < 1.29 is 24.5 Å². The molecule has 0 saturated carbocycles. The number of amides is 1. The summed E-state index contributed by atoms with van der Waals surface area (Å²) in [7, 11) is 0. The normalized spacial score (nSPS) is 12.7. The zero-order chi connectivity index (χ0) is 50.0. The third-order valence-corrected chi connectivity index (χ3v) is 14.5. The van der Waals surface area contributed by atoms with Gasteiger partial charge in [-0.15, -0.1) is 0 Å². The fourth-order valence-corrected chi connectivity index (χ4v) is 9.69. The number of carbonyl (C=O) groups excluding carboxylic acids is 2. The topological polar surface area (TPSA) is 95.9 Å². The Kier molecular flexibility index (Phi) is 57.5. The Labute approximate surface area is 431 Å². The molecule has 0 saturated heterocycles. The van der Waals surface area contributed by atoms with Gasteiger partial charge in [-0.2, -0.15) is 0 Å². The molecule has 0 aromatic rings. The van der Waals surface area contributed by atoms with Gasteiger partial charge in [-0.25, -0.2) is 0 Å². The van der Waals surface area contributed by atoms with Crippen molar-refractivity contribution in [3.8, 4) is 0 Å². The summed E-state index contributed by atoms with van der Waals surface area (Å²) in [6, 6.07) is -0.639. The first kappa shape index (κ1) is 67.3. The summed E-state index contributed by atoms with van der Waals surface area (Å²) < 4.78 is 5.48. The molecule has 0 radical (unpaired) electrons. The minimum absolute atomic E-state index is 0.00627. The number of rotatable bonds is 58. The van der Waals surface area contributed by atoms with Crippen LogP contribution in [0.25, 0.3) is 0 Å². The molecule has 0 fully saturated rings. The highest BCUT2D eigenvalue weighted by molar-refractivity contribution is 5.76. The molecule has 0 aliphatic carbocycles. The molecule has 0 aromatic heterocycles. The number of nitrogens with one attached hydrogen (secondary N) is 1. The molecule has 0 rings (SSSR count). The van der Waals surface area contributed by atoms with Crippen molar-refractivity contribution in [3.05, 3.63) is 24.3 Å². The van der Waals surface area contributed by atoms with Crippen LogP contribution in [0.15, 0.2) is 24.3 Å². The second-order valence-corrected chi connectivity index (χ2v) is 21.4. The van der Waals surface area contributed by atoms with Crippen LogP contribution in [0, 0.1) is 0 Å². The van der Waals surface area contributed by atoms with Crippen LogP contribution in [-0.4, -0.2) is 47.4 Å². The van der Waals surface area contributed by atoms with Gasteiger partial charge >= 0.3 is 5.97 Å². The highest BCUT2D eigenvalue weighted by Crippen LogP contribution is 2.17. The number of ether oxygens (including phenoxy) is 1. The van der Waals surface area contributed by atoms with E-state index in [0.717, 1.165) is 70.6 Å². The first-order valence-corrected chi connectivity index (χ1v) is 31.1. The second-order valence-electron chi connectivity index (χ2n) is 21.4. The molecule has 0 aliphatic heterocycles. The maximum Gasteiger partial charge on any atom is 0.305 e. The quantitative estimate of drug-likeness (QED) is 0.0321. The summed E-state index contributed by atoms with van der Waals surface area (Å²) in [5.74, 6) is -0.0866. The third kappa shape index (κ3) is 55.5. The van der Waals surface area contributed by atoms with Gasteiger partial charge in [0.15, 0.2) is 0 Å². The highest BCUT2D eigenvalue weighted by atomic mass is 16.5. The third-order valence-electron chi connectivity index (χ3n) is 14.5. The number of carbonyl (C=O) groups is 2. The van der Waals surface area contributed by atoms with Gasteiger partial charge in [-0.05, 0) is 57.8 Å². The van der Waals surface area contributed by atoms with Crippen molar-refractivity contribution in [1.82, 2.24) is 5.32 Å². The smallest absolute Gasteiger partial charge is 0.305 e. The zero-order valence-corrected chi connectivity index (χ0v) is 46.6. The number of esters is 1. The van der Waals surface area contributed by atoms with E-state index in [1.54, 1.807) is 6.08 Å². The van der Waals surface area contributed by atoms with Gasteiger partial charge in [0.05, 0.1) is 25.4 Å². The molecule has 2 unspecified atom stereocenters. The molecule has 0 bridgehead atoms. The van der Waals surface area contributed by atoms with Crippen LogP contribution in [0.5, 0.6) is 0 Å². The maximum absolute atomic E-state index is 12.5. The minimum atomic E-state index is -0.855. The van der Waals surface area contributed by atoms with Crippen LogP contribution in [0.4, 0.5) is 0 Å². The van der Waals surface area contributed by atoms with E-state index < -0.39 is 12.1 Å². The SMILES string of the molecule is CCCCCCCCCCCCCCCCCCC/C=C/C(O)C(CO)NC(=O)CCCCCCCCC/C=C\CCCCCCOC(=O)CCCCCCCCCCCCCCCCCCCC. The van der Waals surface area contributed by atoms with E-state index in [1.807, 2.05) is 6.08 Å². The lowest BCUT2D eigenvalue weighted by molar-refractivity contribution is -0.143. The lowest BCUT2D eigenvalue weighted by Gasteiger charge is -2.20. The standard InChI is InChI=1S/C63H121NO5/c1-3-5-7-9-11-13-15-17-19-21-23-24-27-31-35-39-43-47-51-55-61(66)60(59-65)64-62(67)56-52-48-44-40-36-32-28-26-30-34-38-42-46-50-54-58-69-63(68)57-53-49-45-41-37-33-29-25-22-20-18-16-14-12-10-8-6-4-2/h30,34,51,55,60-61,65-66H,3-29,31-33,35-50,52-54,56-59H2,1-2H3,(H,64,67)/b34-30-,55-51+. The maximum atomic E-state index is 12.5. The van der Waals surface area contributed by atoms with E-state index in [0.29, 0.717) is 19.4 Å². The summed E-state index contributed by atoms with van der Waals surface area (Å²) in [5.41, 5.74) is 0. The fraction of sp³-hybridized carbons (Fsp3) is 0.905. The van der Waals surface area contributed by atoms with Crippen molar-refractivity contribution in [2.45, 2.75) is 353 Å². The lowest BCUT2D eigenvalue weighted by Crippen LogP contribution is -2.45. The predicted octanol–water partition coefficient (Wildman–Crippen LogP) is 19.4. The number of allylic oxidation sites excluding steroid dienone is 3. The Morgan fingerprint density at radius 1 is 0.391 bits per heavy atom. The van der Waals surface area contributed by atoms with Crippen molar-refractivity contribution in [1.29, 1.82) is 0 Å². The molecule has 408 valence electrons. The van der Waals surface area contributed by atoms with E-state index in [2.05, 4.69) is 31.3 Å². The number of aliphatic hydroxyl groups excluding tert-OH is 2. The Hall–Kier alpha value is -1.66. The van der Waals surface area contributed by atoms with Crippen molar-refractivity contribution in [3.63, 3.8) is 0 Å². The van der Waals surface area contributed by atoms with Crippen LogP contribution in [0.3, 0.4) is 0 Å². The van der Waals surface area contributed by atoms with E-state index in [-0.39, 0.29) is 18.5 Å². The monoisotopic (exact) mass is 972 g/mol. The second kappa shape index (κ2) is 58.9. The van der Waals surface area contributed by atoms with Crippen LogP contribution in [0.1, 0.15) is 341 Å². The van der Waals surface area contributed by atoms with Crippen molar-refractivity contribution in [2.75, 3.05) is 13.2 Å². The number of unbranched alkanes of at least 4 members (excludes halogenated alkanes) is 45. The summed E-state index contributed by atoms with van der Waals surface area (Å²) in [5, 5.41) is 23.2. The summed E-state index contributed by atoms with van der Waals surface area (Å²) in [4.78, 5) is 24.6. The molecule has 69 heavy (non-hydrogen) atoms. The summed E-state index contributed by atoms with van der Waals surface area (Å²) >= 11 is 0. The molecule has 0 aliphatic rings. The van der Waals surface area contributed by atoms with E-state index in [4.69, 9.17) is 4.74 Å². The van der Waals surface area contributed by atoms with Crippen LogP contribution in [0.2, 0.25) is 0 Å². The zero-order valence-electron chi connectivity index (χ0n) is 46.6. The molecule has 1 amide bonds. The molecule has 0 aromatic carbocycles. The number of hydrogen-bond acceptors (Lipinski definition) is 5. The molecule has 6 heteroatoms. The summed E-state index contributed by atoms with van der Waals surface area (Å²) in [6.45, 7) is 4.90. The Morgan fingerprint density at radius 2 is 0.681 bits per heavy atom. The Morgan fingerprint density at radius 3 is 1.03 bits per heavy atom. The van der Waals surface area contributed by atoms with E-state index >= 15 is 0 Å². The van der Waals surface area contributed by atoms with Gasteiger partial charge in [0.2, 0.25) is 5.91 Å². The van der Waals surface area contributed by atoms with Crippen molar-refractivity contribution >= 4 is 11.9 Å². The Balaban J connectivity index is 3.47. The minimum Gasteiger partial charge on any atom is -0.466 e. The number of hydrogen-bond donors (Lipinski definition) is 3. The van der Waals surface area contributed by atoms with E-state index in [9.17, 15) is 19.8 Å². The largest absolute Gasteiger partial charge is 0.466 e. The van der Waals surface area contributed by atoms with Crippen LogP contribution in [-0.2, 0) is 14.3 Å². The van der Waals surface area contributed by atoms with Crippen LogP contribution < -0.4 is 5.32 Å².